The monoisotopic (exact) mass is 275 g/mol. The molecule has 0 spiro atoms. The van der Waals surface area contributed by atoms with Crippen LogP contribution >= 0.6 is 0 Å². The maximum atomic E-state index is 12.5. The normalized spacial score (nSPS) is 11.7. The van der Waals surface area contributed by atoms with Gasteiger partial charge in [-0.15, -0.1) is 0 Å². The van der Waals surface area contributed by atoms with Crippen molar-refractivity contribution in [1.29, 1.82) is 0 Å². The van der Waals surface area contributed by atoms with Gasteiger partial charge in [0, 0.05) is 18.8 Å². The third kappa shape index (κ3) is 5.06. The lowest BCUT2D eigenvalue weighted by molar-refractivity contribution is -0.119. The molecular weight excluding hydrogens is 255 g/mol. The Bertz CT molecular complexity index is 405. The van der Waals surface area contributed by atoms with Crippen LogP contribution in [0.1, 0.15) is 25.1 Å². The van der Waals surface area contributed by atoms with Crippen LogP contribution in [0.4, 0.5) is 19.0 Å². The van der Waals surface area contributed by atoms with Gasteiger partial charge in [0.2, 0.25) is 0 Å². The van der Waals surface area contributed by atoms with E-state index in [1.165, 1.54) is 4.90 Å². The zero-order chi connectivity index (χ0) is 14.5. The van der Waals surface area contributed by atoms with Gasteiger partial charge in [0.25, 0.3) is 0 Å². The van der Waals surface area contributed by atoms with Crippen LogP contribution in [-0.4, -0.2) is 31.3 Å². The van der Waals surface area contributed by atoms with E-state index in [0.717, 1.165) is 11.3 Å². The summed E-state index contributed by atoms with van der Waals surface area (Å²) in [6.07, 6.45) is -3.52. The minimum atomic E-state index is -4.22. The molecule has 3 nitrogen and oxygen atoms in total. The lowest BCUT2D eigenvalue weighted by Crippen LogP contribution is -2.34. The van der Waals surface area contributed by atoms with Crippen LogP contribution in [0.2, 0.25) is 0 Å². The fourth-order valence-electron chi connectivity index (χ4n) is 1.85. The molecule has 108 valence electrons. The molecule has 6 heteroatoms. The Morgan fingerprint density at radius 3 is 2.42 bits per heavy atom. The van der Waals surface area contributed by atoms with Gasteiger partial charge in [0.1, 0.15) is 12.4 Å². The predicted octanol–water partition coefficient (Wildman–Crippen LogP) is 2.75. The second kappa shape index (κ2) is 6.75. The summed E-state index contributed by atoms with van der Waals surface area (Å²) in [4.78, 5) is 5.54. The average molecular weight is 275 g/mol. The number of nitrogens with one attached hydrogen (secondary N) is 1. The summed E-state index contributed by atoms with van der Waals surface area (Å²) in [5.41, 5.74) is 1.76. The number of nitrogens with zero attached hydrogens (tertiary/aromatic N) is 2. The summed E-state index contributed by atoms with van der Waals surface area (Å²) in [5, 5.41) is 3.00. The van der Waals surface area contributed by atoms with E-state index in [4.69, 9.17) is 0 Å². The maximum absolute atomic E-state index is 12.5. The van der Waals surface area contributed by atoms with Gasteiger partial charge in [0.05, 0.1) is 0 Å². The Hall–Kier alpha value is -1.30. The third-order valence-corrected chi connectivity index (χ3v) is 2.74. The van der Waals surface area contributed by atoms with E-state index in [0.29, 0.717) is 18.8 Å². The molecule has 0 aromatic carbocycles. The van der Waals surface area contributed by atoms with Gasteiger partial charge in [0.15, 0.2) is 0 Å². The summed E-state index contributed by atoms with van der Waals surface area (Å²) in [6.45, 7) is 3.56. The van der Waals surface area contributed by atoms with Crippen molar-refractivity contribution in [1.82, 2.24) is 10.3 Å². The molecule has 0 saturated heterocycles. The van der Waals surface area contributed by atoms with Gasteiger partial charge in [-0.05, 0) is 38.1 Å². The van der Waals surface area contributed by atoms with E-state index >= 15 is 0 Å². The van der Waals surface area contributed by atoms with Crippen molar-refractivity contribution in [2.75, 3.05) is 25.0 Å². The van der Waals surface area contributed by atoms with Crippen molar-refractivity contribution >= 4 is 5.82 Å². The first-order valence-electron chi connectivity index (χ1n) is 6.35. The summed E-state index contributed by atoms with van der Waals surface area (Å²) < 4.78 is 37.6. The zero-order valence-electron chi connectivity index (χ0n) is 11.5. The average Bonchev–Trinajstić information content (AvgIpc) is 2.34. The summed E-state index contributed by atoms with van der Waals surface area (Å²) in [6, 6.07) is 3.63. The Balaban J connectivity index is 3.04. The van der Waals surface area contributed by atoms with E-state index in [1.54, 1.807) is 20.0 Å². The largest absolute Gasteiger partial charge is 0.405 e. The van der Waals surface area contributed by atoms with Crippen molar-refractivity contribution in [3.8, 4) is 0 Å². The van der Waals surface area contributed by atoms with Crippen LogP contribution in [0, 0.1) is 0 Å². The molecule has 1 aromatic rings. The molecule has 0 saturated carbocycles. The number of alkyl halides is 3. The van der Waals surface area contributed by atoms with Gasteiger partial charge >= 0.3 is 6.18 Å². The van der Waals surface area contributed by atoms with E-state index in [-0.39, 0.29) is 6.54 Å². The quantitative estimate of drug-likeness (QED) is 0.865. The number of anilines is 1. The van der Waals surface area contributed by atoms with Crippen LogP contribution in [0.15, 0.2) is 12.1 Å². The Kier molecular flexibility index (Phi) is 5.60. The highest BCUT2D eigenvalue weighted by Crippen LogP contribution is 2.22. The predicted molar refractivity (Wildman–Crippen MR) is 70.3 cm³/mol. The van der Waals surface area contributed by atoms with Crippen molar-refractivity contribution < 1.29 is 13.2 Å². The van der Waals surface area contributed by atoms with E-state index < -0.39 is 12.7 Å². The molecule has 0 aliphatic carbocycles. The second-order valence-electron chi connectivity index (χ2n) is 4.34. The molecule has 1 aromatic heterocycles. The van der Waals surface area contributed by atoms with Crippen LogP contribution in [0.3, 0.4) is 0 Å². The van der Waals surface area contributed by atoms with Crippen LogP contribution in [0.5, 0.6) is 0 Å². The SMILES string of the molecule is CCc1cc(CNC)cc(N(CC)CC(F)(F)F)n1. The number of aryl methyl sites for hydroxylation is 1. The second-order valence-corrected chi connectivity index (χ2v) is 4.34. The van der Waals surface area contributed by atoms with Gasteiger partial charge in [-0.3, -0.25) is 0 Å². The Labute approximate surface area is 111 Å². The summed E-state index contributed by atoms with van der Waals surface area (Å²) in [7, 11) is 1.80. The number of halogens is 3. The molecular formula is C13H20F3N3. The molecule has 1 rings (SSSR count). The molecule has 1 heterocycles. The first-order chi connectivity index (χ1) is 8.89. The fourth-order valence-corrected chi connectivity index (χ4v) is 1.85. The molecule has 0 unspecified atom stereocenters. The van der Waals surface area contributed by atoms with Crippen LogP contribution in [0.25, 0.3) is 0 Å². The molecule has 0 bridgehead atoms. The Morgan fingerprint density at radius 2 is 1.95 bits per heavy atom. The highest BCUT2D eigenvalue weighted by molar-refractivity contribution is 5.43. The molecule has 0 atom stereocenters. The lowest BCUT2D eigenvalue weighted by atomic mass is 10.2. The minimum Gasteiger partial charge on any atom is -0.348 e. The molecule has 0 aliphatic rings. The topological polar surface area (TPSA) is 28.2 Å². The van der Waals surface area contributed by atoms with Gasteiger partial charge in [-0.25, -0.2) is 4.98 Å². The van der Waals surface area contributed by atoms with Gasteiger partial charge < -0.3 is 10.2 Å². The standard InChI is InChI=1S/C13H20F3N3/c1-4-11-6-10(8-17-3)7-12(18-11)19(5-2)9-13(14,15)16/h6-7,17H,4-5,8-9H2,1-3H3. The Morgan fingerprint density at radius 1 is 1.26 bits per heavy atom. The zero-order valence-corrected chi connectivity index (χ0v) is 11.5. The number of pyridine rings is 1. The highest BCUT2D eigenvalue weighted by Gasteiger charge is 2.30. The minimum absolute atomic E-state index is 0.276. The van der Waals surface area contributed by atoms with Crippen molar-refractivity contribution in [3.05, 3.63) is 23.4 Å². The lowest BCUT2D eigenvalue weighted by Gasteiger charge is -2.24. The first kappa shape index (κ1) is 15.8. The molecule has 0 amide bonds. The van der Waals surface area contributed by atoms with Crippen molar-refractivity contribution in [2.45, 2.75) is 33.0 Å². The fraction of sp³-hybridized carbons (Fsp3) is 0.615. The highest BCUT2D eigenvalue weighted by atomic mass is 19.4. The van der Waals surface area contributed by atoms with Crippen LogP contribution in [-0.2, 0) is 13.0 Å². The maximum Gasteiger partial charge on any atom is 0.405 e. The number of hydrogen-bond donors (Lipinski definition) is 1. The summed E-state index contributed by atoms with van der Waals surface area (Å²) >= 11 is 0. The molecule has 0 aliphatic heterocycles. The smallest absolute Gasteiger partial charge is 0.348 e. The van der Waals surface area contributed by atoms with Gasteiger partial charge in [-0.2, -0.15) is 13.2 Å². The van der Waals surface area contributed by atoms with E-state index in [9.17, 15) is 13.2 Å². The van der Waals surface area contributed by atoms with E-state index in [2.05, 4.69) is 10.3 Å². The molecule has 0 radical (unpaired) electrons. The molecule has 1 N–H and O–H groups in total. The number of aromatic nitrogens is 1. The van der Waals surface area contributed by atoms with Crippen LogP contribution < -0.4 is 10.2 Å². The van der Waals surface area contributed by atoms with Crippen molar-refractivity contribution in [2.24, 2.45) is 0 Å². The first-order valence-corrected chi connectivity index (χ1v) is 6.35. The summed E-state index contributed by atoms with van der Waals surface area (Å²) in [5.74, 6) is 0.393. The van der Waals surface area contributed by atoms with E-state index in [1.807, 2.05) is 13.0 Å². The number of hydrogen-bond acceptors (Lipinski definition) is 3. The molecule has 0 fully saturated rings. The van der Waals surface area contributed by atoms with Gasteiger partial charge in [-0.1, -0.05) is 6.92 Å². The van der Waals surface area contributed by atoms with Crippen molar-refractivity contribution in [3.63, 3.8) is 0 Å². The number of rotatable bonds is 6. The molecule has 19 heavy (non-hydrogen) atoms. The third-order valence-electron chi connectivity index (χ3n) is 2.74.